The highest BCUT2D eigenvalue weighted by Crippen LogP contribution is 1.76. The van der Waals surface area contributed by atoms with Gasteiger partial charge in [0.15, 0.2) is 0 Å². The van der Waals surface area contributed by atoms with Crippen molar-refractivity contribution in [1.29, 1.82) is 0 Å². The van der Waals surface area contributed by atoms with Crippen LogP contribution in [-0.2, 0) is 0 Å². The Balaban J connectivity index is 0.000000120. The first-order chi connectivity index (χ1) is 5.79. The van der Waals surface area contributed by atoms with Crippen molar-refractivity contribution in [2.75, 3.05) is 11.6 Å². The van der Waals surface area contributed by atoms with Gasteiger partial charge < -0.3 is 11.6 Å². The molecule has 2 aromatic rings. The summed E-state index contributed by atoms with van der Waals surface area (Å²) in [6.07, 6.45) is 4.19. The quantitative estimate of drug-likeness (QED) is 0.406. The van der Waals surface area contributed by atoms with E-state index in [0.717, 1.165) is 0 Å². The van der Waals surface area contributed by atoms with E-state index in [-0.39, 0.29) is 0 Å². The van der Waals surface area contributed by atoms with Crippen LogP contribution < -0.4 is 11.6 Å². The first-order valence-corrected chi connectivity index (χ1v) is 2.99. The minimum Gasteiger partial charge on any atom is -0.368 e. The van der Waals surface area contributed by atoms with Crippen molar-refractivity contribution < 1.29 is 0 Å². The monoisotopic (exact) mass is 168 g/mol. The molecule has 0 aliphatic carbocycles. The highest BCUT2D eigenvalue weighted by Gasteiger charge is 1.75. The molecule has 0 spiro atoms. The molecule has 0 fully saturated rings. The Labute approximate surface area is 67.6 Å². The van der Waals surface area contributed by atoms with Gasteiger partial charge in [0.25, 0.3) is 0 Å². The summed E-state index contributed by atoms with van der Waals surface area (Å²) in [6, 6.07) is 0. The number of hydrogen-bond acceptors (Lipinski definition) is 6. The molecule has 0 aliphatic rings. The van der Waals surface area contributed by atoms with Crippen LogP contribution in [0.3, 0.4) is 0 Å². The third-order valence-electron chi connectivity index (χ3n) is 0.870. The standard InChI is InChI=1S/2C2H4N4/c3-6-1-4-5-2-6;3-2-4-1-5-6-2/h1-2H,3H2;1H,(H3,3,4,5,6). The summed E-state index contributed by atoms with van der Waals surface area (Å²) in [5.41, 5.74) is 5.05. The number of aromatic amines is 1. The third kappa shape index (κ3) is 2.64. The Morgan fingerprint density at radius 3 is 2.17 bits per heavy atom. The van der Waals surface area contributed by atoms with Crippen LogP contribution in [0, 0.1) is 0 Å². The third-order valence-corrected chi connectivity index (χ3v) is 0.870. The van der Waals surface area contributed by atoms with E-state index in [2.05, 4.69) is 25.4 Å². The van der Waals surface area contributed by atoms with E-state index < -0.39 is 0 Å². The van der Waals surface area contributed by atoms with Crippen molar-refractivity contribution in [3.63, 3.8) is 0 Å². The van der Waals surface area contributed by atoms with E-state index in [1.165, 1.54) is 23.7 Å². The van der Waals surface area contributed by atoms with Crippen LogP contribution in [0.2, 0.25) is 0 Å². The number of rotatable bonds is 0. The van der Waals surface area contributed by atoms with Crippen LogP contribution in [0.5, 0.6) is 0 Å². The Bertz CT molecular complexity index is 250. The van der Waals surface area contributed by atoms with Gasteiger partial charge in [-0.15, -0.1) is 10.2 Å². The Hall–Kier alpha value is -2.12. The Kier molecular flexibility index (Phi) is 2.60. The summed E-state index contributed by atoms with van der Waals surface area (Å²) in [5, 5.41) is 12.7. The van der Waals surface area contributed by atoms with Gasteiger partial charge in [-0.05, 0) is 0 Å². The molecule has 64 valence electrons. The summed E-state index contributed by atoms with van der Waals surface area (Å²) in [7, 11) is 0. The number of nitrogens with zero attached hydrogens (tertiary/aromatic N) is 5. The molecule has 5 N–H and O–H groups in total. The SMILES string of the molecule is Nc1ncn[nH]1.Nn1cnnc1. The average Bonchev–Trinajstić information content (AvgIpc) is 2.63. The van der Waals surface area contributed by atoms with Gasteiger partial charge in [0, 0.05) is 0 Å². The van der Waals surface area contributed by atoms with Gasteiger partial charge in [-0.3, -0.25) is 0 Å². The van der Waals surface area contributed by atoms with Gasteiger partial charge in [-0.25, -0.2) is 14.8 Å². The number of hydrogen-bond donors (Lipinski definition) is 3. The highest BCUT2D eigenvalue weighted by molar-refractivity contribution is 5.07. The lowest BCUT2D eigenvalue weighted by Crippen LogP contribution is -2.02. The largest absolute Gasteiger partial charge is 0.368 e. The smallest absolute Gasteiger partial charge is 0.215 e. The minimum atomic E-state index is 0.356. The Morgan fingerprint density at radius 1 is 1.33 bits per heavy atom. The maximum absolute atomic E-state index is 5.07. The van der Waals surface area contributed by atoms with E-state index in [1.807, 2.05) is 0 Å². The van der Waals surface area contributed by atoms with Gasteiger partial charge in [0.2, 0.25) is 5.95 Å². The van der Waals surface area contributed by atoms with E-state index in [0.29, 0.717) is 5.95 Å². The number of nitrogen functional groups attached to an aromatic ring is 2. The lowest BCUT2D eigenvalue weighted by molar-refractivity contribution is 0.997. The molecule has 0 atom stereocenters. The summed E-state index contributed by atoms with van der Waals surface area (Å²) in [4.78, 5) is 3.53. The van der Waals surface area contributed by atoms with Crippen LogP contribution in [-0.4, -0.2) is 30.1 Å². The molecule has 0 saturated carbocycles. The summed E-state index contributed by atoms with van der Waals surface area (Å²) in [6.45, 7) is 0. The lowest BCUT2D eigenvalue weighted by Gasteiger charge is -1.76. The van der Waals surface area contributed by atoms with Crippen LogP contribution in [0.25, 0.3) is 0 Å². The van der Waals surface area contributed by atoms with Crippen LogP contribution >= 0.6 is 0 Å². The molecule has 0 saturated heterocycles. The van der Waals surface area contributed by atoms with Crippen molar-refractivity contribution in [3.8, 4) is 0 Å². The Morgan fingerprint density at radius 2 is 2.00 bits per heavy atom. The summed E-state index contributed by atoms with van der Waals surface area (Å²) >= 11 is 0. The van der Waals surface area contributed by atoms with Crippen LogP contribution in [0.15, 0.2) is 19.0 Å². The molecule has 8 nitrogen and oxygen atoms in total. The molecule has 2 heterocycles. The zero-order valence-electron chi connectivity index (χ0n) is 6.12. The van der Waals surface area contributed by atoms with Gasteiger partial charge in [-0.2, -0.15) is 5.10 Å². The summed E-state index contributed by atoms with van der Waals surface area (Å²) in [5.74, 6) is 5.43. The van der Waals surface area contributed by atoms with Crippen LogP contribution in [0.4, 0.5) is 5.95 Å². The predicted molar refractivity (Wildman–Crippen MR) is 41.0 cm³/mol. The number of nitrogens with one attached hydrogen (secondary N) is 1. The molecule has 12 heavy (non-hydrogen) atoms. The van der Waals surface area contributed by atoms with Crippen LogP contribution in [0.1, 0.15) is 0 Å². The van der Waals surface area contributed by atoms with Crippen molar-refractivity contribution in [1.82, 2.24) is 30.1 Å². The van der Waals surface area contributed by atoms with E-state index in [1.54, 1.807) is 0 Å². The molecule has 0 aliphatic heterocycles. The second kappa shape index (κ2) is 3.91. The fraction of sp³-hybridized carbons (Fsp3) is 0. The van der Waals surface area contributed by atoms with E-state index in [9.17, 15) is 0 Å². The maximum Gasteiger partial charge on any atom is 0.215 e. The molecule has 0 radical (unpaired) electrons. The van der Waals surface area contributed by atoms with Gasteiger partial charge in [0.05, 0.1) is 0 Å². The molecular weight excluding hydrogens is 160 g/mol. The molecule has 0 aromatic carbocycles. The fourth-order valence-electron chi connectivity index (χ4n) is 0.424. The van der Waals surface area contributed by atoms with E-state index >= 15 is 0 Å². The van der Waals surface area contributed by atoms with Crippen molar-refractivity contribution in [2.45, 2.75) is 0 Å². The molecule has 2 rings (SSSR count). The molecule has 0 amide bonds. The van der Waals surface area contributed by atoms with Gasteiger partial charge in [0.1, 0.15) is 19.0 Å². The second-order valence-electron chi connectivity index (χ2n) is 1.78. The first-order valence-electron chi connectivity index (χ1n) is 2.99. The first kappa shape index (κ1) is 7.98. The minimum absolute atomic E-state index is 0.356. The highest BCUT2D eigenvalue weighted by atomic mass is 15.4. The zero-order valence-corrected chi connectivity index (χ0v) is 6.12. The lowest BCUT2D eigenvalue weighted by atomic mass is 11.1. The molecule has 2 aromatic heterocycles. The fourth-order valence-corrected chi connectivity index (χ4v) is 0.424. The molecular formula is C4H8N8. The predicted octanol–water partition coefficient (Wildman–Crippen LogP) is -1.62. The number of H-pyrrole nitrogens is 1. The second-order valence-corrected chi connectivity index (χ2v) is 1.78. The zero-order chi connectivity index (χ0) is 8.81. The summed E-state index contributed by atoms with van der Waals surface area (Å²) < 4.78 is 1.28. The normalized spacial score (nSPS) is 8.67. The number of anilines is 1. The molecule has 8 heteroatoms. The molecule has 0 bridgehead atoms. The topological polar surface area (TPSA) is 124 Å². The number of nitrogens with two attached hydrogens (primary N) is 2. The van der Waals surface area contributed by atoms with Crippen molar-refractivity contribution >= 4 is 5.95 Å². The molecule has 0 unspecified atom stereocenters. The number of aromatic nitrogens is 6. The maximum atomic E-state index is 5.07. The average molecular weight is 168 g/mol. The van der Waals surface area contributed by atoms with Crippen molar-refractivity contribution in [2.24, 2.45) is 0 Å². The van der Waals surface area contributed by atoms with Gasteiger partial charge in [-0.1, -0.05) is 0 Å². The van der Waals surface area contributed by atoms with E-state index in [4.69, 9.17) is 11.6 Å². The van der Waals surface area contributed by atoms with Crippen molar-refractivity contribution in [3.05, 3.63) is 19.0 Å². The van der Waals surface area contributed by atoms with Gasteiger partial charge >= 0.3 is 0 Å².